The topological polar surface area (TPSA) is 77.4 Å². The Labute approximate surface area is 162 Å². The number of rotatable bonds is 6. The second-order valence-corrected chi connectivity index (χ2v) is 8.50. The Morgan fingerprint density at radius 3 is 2.43 bits per heavy atom. The van der Waals surface area contributed by atoms with E-state index in [-0.39, 0.29) is 15.5 Å². The monoisotopic (exact) mass is 432 g/mol. The van der Waals surface area contributed by atoms with Crippen LogP contribution >= 0.6 is 11.3 Å². The Balaban J connectivity index is 1.85. The zero-order valence-electron chi connectivity index (χ0n) is 14.5. The molecule has 3 aromatic rings. The smallest absolute Gasteiger partial charge is 0.406 e. The molecule has 1 aromatic heterocycles. The summed E-state index contributed by atoms with van der Waals surface area (Å²) in [7, 11) is -3.99. The van der Waals surface area contributed by atoms with Gasteiger partial charge in [-0.05, 0) is 48.9 Å². The predicted molar refractivity (Wildman–Crippen MR) is 100 cm³/mol. The molecule has 0 saturated carbocycles. The maximum Gasteiger partial charge on any atom is 0.573 e. The molecule has 0 saturated heterocycles. The number of halogens is 3. The van der Waals surface area contributed by atoms with E-state index in [0.717, 1.165) is 42.0 Å². The van der Waals surface area contributed by atoms with Crippen molar-refractivity contribution >= 4 is 37.3 Å². The molecule has 0 unspecified atom stereocenters. The molecule has 11 heteroatoms. The van der Waals surface area contributed by atoms with E-state index in [1.165, 1.54) is 12.1 Å². The summed E-state index contributed by atoms with van der Waals surface area (Å²) >= 11 is 0.955. The SMILES string of the molecule is CCCn1c(=O)sc2cc(S(=O)(=O)Nc3ccc(OC(F)(F)F)cc3)ccc21. The minimum Gasteiger partial charge on any atom is -0.406 e. The van der Waals surface area contributed by atoms with Gasteiger partial charge >= 0.3 is 11.2 Å². The number of aromatic nitrogens is 1. The summed E-state index contributed by atoms with van der Waals surface area (Å²) in [5, 5.41) is 0. The summed E-state index contributed by atoms with van der Waals surface area (Å²) in [6.07, 6.45) is -4.06. The molecular formula is C17H15F3N2O4S2. The van der Waals surface area contributed by atoms with Gasteiger partial charge in [0.05, 0.1) is 15.1 Å². The molecule has 0 atom stereocenters. The number of nitrogens with one attached hydrogen (secondary N) is 1. The van der Waals surface area contributed by atoms with Gasteiger partial charge in [0, 0.05) is 12.2 Å². The summed E-state index contributed by atoms with van der Waals surface area (Å²) < 4.78 is 69.9. The first kappa shape index (κ1) is 20.2. The van der Waals surface area contributed by atoms with Crippen LogP contribution < -0.4 is 14.3 Å². The number of hydrogen-bond donors (Lipinski definition) is 1. The third kappa shape index (κ3) is 4.47. The highest BCUT2D eigenvalue weighted by Gasteiger charge is 2.31. The number of ether oxygens (including phenoxy) is 1. The minimum atomic E-state index is -4.83. The molecule has 0 fully saturated rings. The van der Waals surface area contributed by atoms with Crippen molar-refractivity contribution in [2.45, 2.75) is 31.1 Å². The average molecular weight is 432 g/mol. The Morgan fingerprint density at radius 2 is 1.82 bits per heavy atom. The van der Waals surface area contributed by atoms with Gasteiger partial charge in [-0.2, -0.15) is 0 Å². The van der Waals surface area contributed by atoms with E-state index in [1.807, 2.05) is 6.92 Å². The molecule has 28 heavy (non-hydrogen) atoms. The van der Waals surface area contributed by atoms with Crippen molar-refractivity contribution in [2.75, 3.05) is 4.72 Å². The third-order valence-electron chi connectivity index (χ3n) is 3.74. The highest BCUT2D eigenvalue weighted by atomic mass is 32.2. The standard InChI is InChI=1S/C17H15F3N2O4S2/c1-2-9-22-14-8-7-13(10-15(14)27-16(22)23)28(24,25)21-11-3-5-12(6-4-11)26-17(18,19)20/h3-8,10,21H,2,9H2,1H3. The van der Waals surface area contributed by atoms with Gasteiger partial charge in [-0.3, -0.25) is 14.1 Å². The summed E-state index contributed by atoms with van der Waals surface area (Å²) in [5.41, 5.74) is 0.732. The Hall–Kier alpha value is -2.53. The number of hydrogen-bond acceptors (Lipinski definition) is 5. The van der Waals surface area contributed by atoms with Crippen molar-refractivity contribution in [2.24, 2.45) is 0 Å². The fourth-order valence-corrected chi connectivity index (χ4v) is 4.70. The van der Waals surface area contributed by atoms with Crippen LogP contribution in [-0.4, -0.2) is 19.3 Å². The fourth-order valence-electron chi connectivity index (χ4n) is 2.59. The van der Waals surface area contributed by atoms with E-state index < -0.39 is 22.1 Å². The van der Waals surface area contributed by atoms with Crippen molar-refractivity contribution in [3.05, 3.63) is 52.1 Å². The van der Waals surface area contributed by atoms with Crippen LogP contribution in [0, 0.1) is 0 Å². The zero-order chi connectivity index (χ0) is 20.5. The fraction of sp³-hybridized carbons (Fsp3) is 0.235. The number of sulfonamides is 1. The van der Waals surface area contributed by atoms with E-state index in [1.54, 1.807) is 10.6 Å². The van der Waals surface area contributed by atoms with Crippen molar-refractivity contribution in [1.82, 2.24) is 4.57 Å². The Morgan fingerprint density at radius 1 is 1.14 bits per heavy atom. The highest BCUT2D eigenvalue weighted by Crippen LogP contribution is 2.26. The lowest BCUT2D eigenvalue weighted by Gasteiger charge is -2.11. The second-order valence-electron chi connectivity index (χ2n) is 5.83. The van der Waals surface area contributed by atoms with Crippen LogP contribution in [0.2, 0.25) is 0 Å². The lowest BCUT2D eigenvalue weighted by Crippen LogP contribution is -2.17. The molecule has 6 nitrogen and oxygen atoms in total. The Kier molecular flexibility index (Phi) is 5.39. The molecule has 0 amide bonds. The van der Waals surface area contributed by atoms with Crippen molar-refractivity contribution < 1.29 is 26.3 Å². The first-order valence-corrected chi connectivity index (χ1v) is 10.4. The largest absolute Gasteiger partial charge is 0.573 e. The quantitative estimate of drug-likeness (QED) is 0.634. The molecule has 0 aliphatic rings. The lowest BCUT2D eigenvalue weighted by atomic mass is 10.3. The summed E-state index contributed by atoms with van der Waals surface area (Å²) in [6.45, 7) is 2.47. The molecule has 150 valence electrons. The molecule has 0 aliphatic heterocycles. The van der Waals surface area contributed by atoms with Gasteiger partial charge in [0.25, 0.3) is 10.0 Å². The van der Waals surface area contributed by atoms with E-state index in [4.69, 9.17) is 0 Å². The van der Waals surface area contributed by atoms with Gasteiger partial charge in [-0.1, -0.05) is 18.3 Å². The first-order chi connectivity index (χ1) is 13.1. The summed E-state index contributed by atoms with van der Waals surface area (Å²) in [5.74, 6) is -0.459. The lowest BCUT2D eigenvalue weighted by molar-refractivity contribution is -0.274. The predicted octanol–water partition coefficient (Wildman–Crippen LogP) is 4.17. The molecule has 3 rings (SSSR count). The number of thiazole rings is 1. The molecule has 0 spiro atoms. The Bertz CT molecular complexity index is 1150. The third-order valence-corrected chi connectivity index (χ3v) is 6.06. The average Bonchev–Trinajstić information content (AvgIpc) is 2.90. The molecule has 0 radical (unpaired) electrons. The maximum absolute atomic E-state index is 12.6. The number of benzene rings is 2. The molecule has 1 N–H and O–H groups in total. The number of aryl methyl sites for hydroxylation is 1. The van der Waals surface area contributed by atoms with Crippen LogP contribution in [-0.2, 0) is 16.6 Å². The number of nitrogens with zero attached hydrogens (tertiary/aromatic N) is 1. The van der Waals surface area contributed by atoms with E-state index in [9.17, 15) is 26.4 Å². The van der Waals surface area contributed by atoms with Gasteiger partial charge < -0.3 is 4.74 Å². The van der Waals surface area contributed by atoms with Crippen LogP contribution in [0.15, 0.2) is 52.2 Å². The van der Waals surface area contributed by atoms with Gasteiger partial charge in [-0.15, -0.1) is 13.2 Å². The normalized spacial score (nSPS) is 12.3. The highest BCUT2D eigenvalue weighted by molar-refractivity contribution is 7.92. The van der Waals surface area contributed by atoms with Crippen molar-refractivity contribution in [3.63, 3.8) is 0 Å². The van der Waals surface area contributed by atoms with E-state index >= 15 is 0 Å². The van der Waals surface area contributed by atoms with Gasteiger partial charge in [-0.25, -0.2) is 8.42 Å². The number of fused-ring (bicyclic) bond motifs is 1. The molecule has 1 heterocycles. The van der Waals surface area contributed by atoms with Crippen LogP contribution in [0.1, 0.15) is 13.3 Å². The van der Waals surface area contributed by atoms with Crippen LogP contribution in [0.3, 0.4) is 0 Å². The molecule has 0 aliphatic carbocycles. The first-order valence-electron chi connectivity index (χ1n) is 8.11. The summed E-state index contributed by atoms with van der Waals surface area (Å²) in [6, 6.07) is 8.68. The zero-order valence-corrected chi connectivity index (χ0v) is 16.1. The van der Waals surface area contributed by atoms with E-state index in [0.29, 0.717) is 16.8 Å². The number of alkyl halides is 3. The minimum absolute atomic E-state index is 0.0551. The van der Waals surface area contributed by atoms with Gasteiger partial charge in [0.15, 0.2) is 0 Å². The van der Waals surface area contributed by atoms with Crippen molar-refractivity contribution in [3.8, 4) is 5.75 Å². The van der Waals surface area contributed by atoms with Crippen molar-refractivity contribution in [1.29, 1.82) is 0 Å². The molecular weight excluding hydrogens is 417 g/mol. The molecule has 0 bridgehead atoms. The van der Waals surface area contributed by atoms with Gasteiger partial charge in [0.1, 0.15) is 5.75 Å². The van der Waals surface area contributed by atoms with Crippen LogP contribution in [0.5, 0.6) is 5.75 Å². The summed E-state index contributed by atoms with van der Waals surface area (Å²) in [4.78, 5) is 11.8. The maximum atomic E-state index is 12.6. The molecule has 2 aromatic carbocycles. The van der Waals surface area contributed by atoms with Gasteiger partial charge in [0.2, 0.25) is 0 Å². The second kappa shape index (κ2) is 7.47. The van der Waals surface area contributed by atoms with E-state index in [2.05, 4.69) is 9.46 Å². The van der Waals surface area contributed by atoms with Crippen LogP contribution in [0.25, 0.3) is 10.2 Å². The number of anilines is 1. The van der Waals surface area contributed by atoms with Crippen LogP contribution in [0.4, 0.5) is 18.9 Å².